The van der Waals surface area contributed by atoms with E-state index in [2.05, 4.69) is 46.0 Å². The molecule has 1 aromatic rings. The van der Waals surface area contributed by atoms with E-state index in [9.17, 15) is 0 Å². The molecule has 2 rings (SSSR count). The SMILES string of the molecule is CCCC1CC1NC(=NC)N(C)Cc1ccsc1. The Morgan fingerprint density at radius 1 is 1.61 bits per heavy atom. The van der Waals surface area contributed by atoms with Gasteiger partial charge in [-0.2, -0.15) is 11.3 Å². The highest BCUT2D eigenvalue weighted by molar-refractivity contribution is 7.07. The second kappa shape index (κ2) is 6.23. The van der Waals surface area contributed by atoms with Crippen molar-refractivity contribution in [1.82, 2.24) is 10.2 Å². The molecular formula is C14H23N3S. The van der Waals surface area contributed by atoms with Crippen molar-refractivity contribution in [2.75, 3.05) is 14.1 Å². The van der Waals surface area contributed by atoms with E-state index in [1.165, 1.54) is 24.8 Å². The van der Waals surface area contributed by atoms with Crippen LogP contribution in [0.1, 0.15) is 31.7 Å². The minimum absolute atomic E-state index is 0.647. The Bertz CT molecular complexity index is 386. The maximum absolute atomic E-state index is 4.38. The second-order valence-electron chi connectivity index (χ2n) is 5.07. The number of rotatable bonds is 5. The van der Waals surface area contributed by atoms with Gasteiger partial charge in [-0.25, -0.2) is 0 Å². The van der Waals surface area contributed by atoms with E-state index < -0.39 is 0 Å². The maximum atomic E-state index is 4.38. The van der Waals surface area contributed by atoms with Crippen molar-refractivity contribution in [3.8, 4) is 0 Å². The molecule has 2 unspecified atom stereocenters. The molecule has 0 saturated heterocycles. The van der Waals surface area contributed by atoms with Crippen LogP contribution in [0.5, 0.6) is 0 Å². The third-order valence-electron chi connectivity index (χ3n) is 3.47. The first-order valence-electron chi connectivity index (χ1n) is 6.70. The Labute approximate surface area is 114 Å². The number of guanidine groups is 1. The normalized spacial score (nSPS) is 22.9. The molecule has 2 atom stereocenters. The van der Waals surface area contributed by atoms with Gasteiger partial charge in [0, 0.05) is 26.7 Å². The summed E-state index contributed by atoms with van der Waals surface area (Å²) in [4.78, 5) is 6.58. The largest absolute Gasteiger partial charge is 0.353 e. The van der Waals surface area contributed by atoms with E-state index in [0.717, 1.165) is 18.4 Å². The maximum Gasteiger partial charge on any atom is 0.193 e. The molecule has 3 nitrogen and oxygen atoms in total. The summed E-state index contributed by atoms with van der Waals surface area (Å²) in [6, 6.07) is 2.82. The Kier molecular flexibility index (Phi) is 4.64. The number of hydrogen-bond acceptors (Lipinski definition) is 2. The summed E-state index contributed by atoms with van der Waals surface area (Å²) in [6.45, 7) is 3.18. The minimum atomic E-state index is 0.647. The van der Waals surface area contributed by atoms with Gasteiger partial charge in [-0.1, -0.05) is 13.3 Å². The van der Waals surface area contributed by atoms with Gasteiger partial charge in [-0.3, -0.25) is 4.99 Å². The zero-order chi connectivity index (χ0) is 13.0. The Morgan fingerprint density at radius 2 is 2.44 bits per heavy atom. The fraction of sp³-hybridized carbons (Fsp3) is 0.643. The van der Waals surface area contributed by atoms with E-state index >= 15 is 0 Å². The van der Waals surface area contributed by atoms with Gasteiger partial charge in [0.05, 0.1) is 0 Å². The van der Waals surface area contributed by atoms with Gasteiger partial charge in [0.25, 0.3) is 0 Å². The van der Waals surface area contributed by atoms with Crippen LogP contribution < -0.4 is 5.32 Å². The number of hydrogen-bond donors (Lipinski definition) is 1. The Hall–Kier alpha value is -1.03. The summed E-state index contributed by atoms with van der Waals surface area (Å²) < 4.78 is 0. The summed E-state index contributed by atoms with van der Waals surface area (Å²) in [5.74, 6) is 1.88. The predicted molar refractivity (Wildman–Crippen MR) is 79.1 cm³/mol. The lowest BCUT2D eigenvalue weighted by atomic mass is 10.2. The molecule has 1 N–H and O–H groups in total. The van der Waals surface area contributed by atoms with E-state index in [1.807, 2.05) is 7.05 Å². The van der Waals surface area contributed by atoms with Crippen LogP contribution in [0.15, 0.2) is 21.8 Å². The van der Waals surface area contributed by atoms with Crippen LogP contribution in [-0.4, -0.2) is 31.0 Å². The van der Waals surface area contributed by atoms with Crippen molar-refractivity contribution in [2.24, 2.45) is 10.9 Å². The summed E-state index contributed by atoms with van der Waals surface area (Å²) in [5, 5.41) is 7.88. The zero-order valence-electron chi connectivity index (χ0n) is 11.5. The number of nitrogens with zero attached hydrogens (tertiary/aromatic N) is 2. The first kappa shape index (κ1) is 13.4. The number of thiophene rings is 1. The van der Waals surface area contributed by atoms with Crippen LogP contribution in [0.4, 0.5) is 0 Å². The molecule has 0 aromatic carbocycles. The third kappa shape index (κ3) is 3.48. The number of nitrogens with one attached hydrogen (secondary N) is 1. The third-order valence-corrected chi connectivity index (χ3v) is 4.20. The fourth-order valence-corrected chi connectivity index (χ4v) is 3.02. The molecule has 4 heteroatoms. The van der Waals surface area contributed by atoms with Gasteiger partial charge in [0.15, 0.2) is 5.96 Å². The molecule has 1 aliphatic rings. The average molecular weight is 265 g/mol. The van der Waals surface area contributed by atoms with Gasteiger partial charge in [0.2, 0.25) is 0 Å². The molecule has 0 bridgehead atoms. The van der Waals surface area contributed by atoms with E-state index in [4.69, 9.17) is 0 Å². The van der Waals surface area contributed by atoms with Crippen molar-refractivity contribution < 1.29 is 0 Å². The Morgan fingerprint density at radius 3 is 3.06 bits per heavy atom. The monoisotopic (exact) mass is 265 g/mol. The molecule has 100 valence electrons. The van der Waals surface area contributed by atoms with Gasteiger partial charge >= 0.3 is 0 Å². The molecule has 1 aliphatic carbocycles. The van der Waals surface area contributed by atoms with Crippen molar-refractivity contribution in [3.05, 3.63) is 22.4 Å². The molecule has 0 spiro atoms. The molecule has 1 heterocycles. The standard InChI is InChI=1S/C14H23N3S/c1-4-5-12-8-13(12)16-14(15-2)17(3)9-11-6-7-18-10-11/h6-7,10,12-13H,4-5,8-9H2,1-3H3,(H,15,16). The lowest BCUT2D eigenvalue weighted by molar-refractivity contribution is 0.473. The molecule has 1 fully saturated rings. The molecule has 0 amide bonds. The van der Waals surface area contributed by atoms with Crippen molar-refractivity contribution in [3.63, 3.8) is 0 Å². The van der Waals surface area contributed by atoms with Crippen molar-refractivity contribution >= 4 is 17.3 Å². The lowest BCUT2D eigenvalue weighted by Gasteiger charge is -2.21. The summed E-state index contributed by atoms with van der Waals surface area (Å²) in [5.41, 5.74) is 1.35. The smallest absolute Gasteiger partial charge is 0.193 e. The van der Waals surface area contributed by atoms with E-state index in [0.29, 0.717) is 6.04 Å². The number of aliphatic imine (C=N–C) groups is 1. The highest BCUT2D eigenvalue weighted by Gasteiger charge is 2.36. The highest BCUT2D eigenvalue weighted by atomic mass is 32.1. The molecular weight excluding hydrogens is 242 g/mol. The Balaban J connectivity index is 1.82. The first-order chi connectivity index (χ1) is 8.74. The molecule has 0 aliphatic heterocycles. The van der Waals surface area contributed by atoms with Crippen LogP contribution in [-0.2, 0) is 6.54 Å². The van der Waals surface area contributed by atoms with E-state index in [1.54, 1.807) is 11.3 Å². The topological polar surface area (TPSA) is 27.6 Å². The van der Waals surface area contributed by atoms with Crippen LogP contribution in [0.25, 0.3) is 0 Å². The summed E-state index contributed by atoms with van der Waals surface area (Å²) in [7, 11) is 3.97. The average Bonchev–Trinajstić information content (AvgIpc) is 2.87. The fourth-order valence-electron chi connectivity index (χ4n) is 2.36. The molecule has 18 heavy (non-hydrogen) atoms. The van der Waals surface area contributed by atoms with Crippen LogP contribution in [0.2, 0.25) is 0 Å². The quantitative estimate of drug-likeness (QED) is 0.655. The van der Waals surface area contributed by atoms with Gasteiger partial charge in [-0.15, -0.1) is 0 Å². The summed E-state index contributed by atoms with van der Waals surface area (Å²) in [6.07, 6.45) is 3.92. The second-order valence-corrected chi connectivity index (χ2v) is 5.85. The highest BCUT2D eigenvalue weighted by Crippen LogP contribution is 2.34. The van der Waals surface area contributed by atoms with Gasteiger partial charge < -0.3 is 10.2 Å². The summed E-state index contributed by atoms with van der Waals surface area (Å²) >= 11 is 1.75. The zero-order valence-corrected chi connectivity index (χ0v) is 12.3. The first-order valence-corrected chi connectivity index (χ1v) is 7.64. The van der Waals surface area contributed by atoms with Gasteiger partial charge in [0.1, 0.15) is 0 Å². The molecule has 1 saturated carbocycles. The van der Waals surface area contributed by atoms with Crippen LogP contribution in [0, 0.1) is 5.92 Å². The minimum Gasteiger partial charge on any atom is -0.353 e. The lowest BCUT2D eigenvalue weighted by Crippen LogP contribution is -2.40. The van der Waals surface area contributed by atoms with Gasteiger partial charge in [-0.05, 0) is 41.1 Å². The van der Waals surface area contributed by atoms with Crippen LogP contribution >= 0.6 is 11.3 Å². The predicted octanol–water partition coefficient (Wildman–Crippen LogP) is 2.94. The van der Waals surface area contributed by atoms with Crippen LogP contribution in [0.3, 0.4) is 0 Å². The van der Waals surface area contributed by atoms with E-state index in [-0.39, 0.29) is 0 Å². The van der Waals surface area contributed by atoms with Crippen molar-refractivity contribution in [1.29, 1.82) is 0 Å². The molecule has 0 radical (unpaired) electrons. The van der Waals surface area contributed by atoms with Crippen molar-refractivity contribution in [2.45, 2.75) is 38.8 Å². The molecule has 1 aromatic heterocycles.